The topological polar surface area (TPSA) is 63.1 Å². The lowest BCUT2D eigenvalue weighted by Crippen LogP contribution is -2.34. The largest absolute Gasteiger partial charge is 0.383 e. The van der Waals surface area contributed by atoms with Crippen molar-refractivity contribution in [2.24, 2.45) is 7.05 Å². The van der Waals surface area contributed by atoms with Crippen molar-refractivity contribution in [2.75, 3.05) is 20.3 Å². The number of hydrogen-bond acceptors (Lipinski definition) is 3. The predicted octanol–water partition coefficient (Wildman–Crippen LogP) is 2.84. The molecule has 3 aromatic rings. The van der Waals surface area contributed by atoms with Gasteiger partial charge < -0.3 is 19.2 Å². The molecule has 6 nitrogen and oxygen atoms in total. The molecule has 7 heteroatoms. The molecule has 0 spiro atoms. The number of carbonyl (C=O) groups excluding carboxylic acids is 1. The van der Waals surface area contributed by atoms with E-state index >= 15 is 0 Å². The normalized spacial score (nSPS) is 11.1. The van der Waals surface area contributed by atoms with E-state index in [2.05, 4.69) is 9.97 Å². The molecule has 2 aromatic heterocycles. The first-order chi connectivity index (χ1) is 11.6. The first-order valence-electron chi connectivity index (χ1n) is 7.62. The van der Waals surface area contributed by atoms with Gasteiger partial charge >= 0.3 is 0 Å². The fourth-order valence-electron chi connectivity index (χ4n) is 2.60. The maximum absolute atomic E-state index is 12.9. The zero-order chi connectivity index (χ0) is 17.1. The van der Waals surface area contributed by atoms with Crippen molar-refractivity contribution in [3.8, 4) is 0 Å². The molecule has 0 bridgehead atoms. The second kappa shape index (κ2) is 7.07. The van der Waals surface area contributed by atoms with E-state index in [1.165, 1.54) is 0 Å². The van der Waals surface area contributed by atoms with Crippen molar-refractivity contribution in [1.29, 1.82) is 0 Å². The number of rotatable bonds is 6. The Hall–Kier alpha value is -2.31. The predicted molar refractivity (Wildman–Crippen MR) is 93.1 cm³/mol. The Balaban J connectivity index is 1.86. The molecule has 1 N–H and O–H groups in total. The number of amides is 1. The van der Waals surface area contributed by atoms with Gasteiger partial charge in [-0.3, -0.25) is 4.79 Å². The summed E-state index contributed by atoms with van der Waals surface area (Å²) in [4.78, 5) is 21.8. The first kappa shape index (κ1) is 16.5. The molecule has 1 aromatic carbocycles. The van der Waals surface area contributed by atoms with Crippen LogP contribution in [0, 0.1) is 0 Å². The zero-order valence-electron chi connectivity index (χ0n) is 13.6. The van der Waals surface area contributed by atoms with Crippen molar-refractivity contribution in [2.45, 2.75) is 6.54 Å². The van der Waals surface area contributed by atoms with E-state index in [4.69, 9.17) is 16.3 Å². The van der Waals surface area contributed by atoms with Gasteiger partial charge in [0, 0.05) is 38.2 Å². The van der Waals surface area contributed by atoms with Crippen LogP contribution in [0.5, 0.6) is 0 Å². The second-order valence-corrected chi connectivity index (χ2v) is 5.95. The quantitative estimate of drug-likeness (QED) is 0.746. The van der Waals surface area contributed by atoms with Crippen LogP contribution in [-0.4, -0.2) is 45.6 Å². The highest BCUT2D eigenvalue weighted by atomic mass is 35.5. The molecule has 0 aliphatic carbocycles. The molecular formula is C17H19ClN4O2. The van der Waals surface area contributed by atoms with Crippen LogP contribution in [0.25, 0.3) is 11.0 Å². The van der Waals surface area contributed by atoms with Crippen molar-refractivity contribution in [1.82, 2.24) is 19.4 Å². The van der Waals surface area contributed by atoms with Crippen LogP contribution in [-0.2, 0) is 18.3 Å². The number of aromatic amines is 1. The SMILES string of the molecule is COCCN(Cc1cccn1C)C(=O)c1ccc2nc(Cl)[nH]c2c1. The summed E-state index contributed by atoms with van der Waals surface area (Å²) >= 11 is 5.88. The molecule has 0 radical (unpaired) electrons. The average molecular weight is 347 g/mol. The number of aryl methyl sites for hydroxylation is 1. The molecule has 0 unspecified atom stereocenters. The Morgan fingerprint density at radius 1 is 1.42 bits per heavy atom. The fourth-order valence-corrected chi connectivity index (χ4v) is 2.80. The van der Waals surface area contributed by atoms with Gasteiger partial charge in [-0.15, -0.1) is 0 Å². The summed E-state index contributed by atoms with van der Waals surface area (Å²) in [7, 11) is 3.59. The third-order valence-corrected chi connectivity index (χ3v) is 4.14. The number of methoxy groups -OCH3 is 1. The molecule has 2 heterocycles. The maximum atomic E-state index is 12.9. The van der Waals surface area contributed by atoms with Gasteiger partial charge in [0.25, 0.3) is 5.91 Å². The number of fused-ring (bicyclic) bond motifs is 1. The number of nitrogens with one attached hydrogen (secondary N) is 1. The first-order valence-corrected chi connectivity index (χ1v) is 8.00. The fraction of sp³-hybridized carbons (Fsp3) is 0.294. The van der Waals surface area contributed by atoms with Crippen LogP contribution in [0.2, 0.25) is 5.28 Å². The Morgan fingerprint density at radius 3 is 2.96 bits per heavy atom. The maximum Gasteiger partial charge on any atom is 0.254 e. The van der Waals surface area contributed by atoms with Gasteiger partial charge in [0.1, 0.15) is 0 Å². The van der Waals surface area contributed by atoms with E-state index < -0.39 is 0 Å². The minimum atomic E-state index is -0.0547. The number of hydrogen-bond donors (Lipinski definition) is 1. The summed E-state index contributed by atoms with van der Waals surface area (Å²) in [5.41, 5.74) is 3.14. The number of benzene rings is 1. The minimum absolute atomic E-state index is 0.0547. The molecule has 0 aliphatic rings. The van der Waals surface area contributed by atoms with Crippen LogP contribution < -0.4 is 0 Å². The number of imidazole rings is 1. The summed E-state index contributed by atoms with van der Waals surface area (Å²) in [5, 5.41) is 0.314. The van der Waals surface area contributed by atoms with Gasteiger partial charge in [0.05, 0.1) is 24.2 Å². The summed E-state index contributed by atoms with van der Waals surface area (Å²) in [6, 6.07) is 9.31. The lowest BCUT2D eigenvalue weighted by atomic mass is 10.1. The van der Waals surface area contributed by atoms with E-state index in [1.54, 1.807) is 30.2 Å². The number of halogens is 1. The molecule has 24 heavy (non-hydrogen) atoms. The van der Waals surface area contributed by atoms with Crippen LogP contribution >= 0.6 is 11.6 Å². The van der Waals surface area contributed by atoms with Crippen molar-refractivity contribution in [3.63, 3.8) is 0 Å². The number of ether oxygens (including phenoxy) is 1. The summed E-state index contributed by atoms with van der Waals surface area (Å²) in [6.45, 7) is 1.52. The van der Waals surface area contributed by atoms with Gasteiger partial charge in [-0.05, 0) is 41.9 Å². The number of H-pyrrole nitrogens is 1. The average Bonchev–Trinajstić information content (AvgIpc) is 3.14. The zero-order valence-corrected chi connectivity index (χ0v) is 14.4. The third kappa shape index (κ3) is 3.44. The van der Waals surface area contributed by atoms with Gasteiger partial charge in [0.15, 0.2) is 0 Å². The Bertz CT molecular complexity index is 855. The van der Waals surface area contributed by atoms with Crippen LogP contribution in [0.4, 0.5) is 0 Å². The molecule has 0 atom stereocenters. The standard InChI is InChI=1S/C17H19ClN4O2/c1-21-7-3-4-13(21)11-22(8-9-24-2)16(23)12-5-6-14-15(10-12)20-17(18)19-14/h3-7,10H,8-9,11H2,1-2H3,(H,19,20). The van der Waals surface area contributed by atoms with E-state index in [9.17, 15) is 4.79 Å². The number of nitrogens with zero attached hydrogens (tertiary/aromatic N) is 3. The summed E-state index contributed by atoms with van der Waals surface area (Å²) < 4.78 is 7.15. The molecule has 0 fully saturated rings. The third-order valence-electron chi connectivity index (χ3n) is 3.96. The Morgan fingerprint density at radius 2 is 2.25 bits per heavy atom. The van der Waals surface area contributed by atoms with E-state index in [-0.39, 0.29) is 5.91 Å². The summed E-state index contributed by atoms with van der Waals surface area (Å²) in [6.07, 6.45) is 1.97. The monoisotopic (exact) mass is 346 g/mol. The smallest absolute Gasteiger partial charge is 0.254 e. The molecular weight excluding hydrogens is 328 g/mol. The molecule has 1 amide bonds. The van der Waals surface area contributed by atoms with E-state index in [1.807, 2.05) is 29.9 Å². The van der Waals surface area contributed by atoms with Crippen molar-refractivity contribution < 1.29 is 9.53 Å². The molecule has 126 valence electrons. The van der Waals surface area contributed by atoms with Gasteiger partial charge in [-0.2, -0.15) is 0 Å². The lowest BCUT2D eigenvalue weighted by Gasteiger charge is -2.23. The van der Waals surface area contributed by atoms with Gasteiger partial charge in [-0.1, -0.05) is 0 Å². The van der Waals surface area contributed by atoms with Crippen molar-refractivity contribution in [3.05, 3.63) is 53.1 Å². The second-order valence-electron chi connectivity index (χ2n) is 5.59. The highest BCUT2D eigenvalue weighted by Gasteiger charge is 2.18. The minimum Gasteiger partial charge on any atom is -0.383 e. The van der Waals surface area contributed by atoms with Crippen LogP contribution in [0.1, 0.15) is 16.1 Å². The molecule has 0 aliphatic heterocycles. The molecule has 3 rings (SSSR count). The highest BCUT2D eigenvalue weighted by molar-refractivity contribution is 6.29. The highest BCUT2D eigenvalue weighted by Crippen LogP contribution is 2.18. The van der Waals surface area contributed by atoms with Crippen LogP contribution in [0.15, 0.2) is 36.5 Å². The van der Waals surface area contributed by atoms with Crippen LogP contribution in [0.3, 0.4) is 0 Å². The number of carbonyl (C=O) groups is 1. The Labute approximate surface area is 145 Å². The molecule has 0 saturated carbocycles. The van der Waals surface area contributed by atoms with E-state index in [0.717, 1.165) is 16.7 Å². The van der Waals surface area contributed by atoms with Gasteiger partial charge in [-0.25, -0.2) is 4.98 Å². The van der Waals surface area contributed by atoms with Crippen molar-refractivity contribution >= 4 is 28.5 Å². The Kier molecular flexibility index (Phi) is 4.87. The lowest BCUT2D eigenvalue weighted by molar-refractivity contribution is 0.0676. The molecule has 0 saturated heterocycles. The summed E-state index contributed by atoms with van der Waals surface area (Å²) in [5.74, 6) is -0.0547. The number of aromatic nitrogens is 3. The van der Waals surface area contributed by atoms with E-state index in [0.29, 0.717) is 30.5 Å². The van der Waals surface area contributed by atoms with Gasteiger partial charge in [0.2, 0.25) is 5.28 Å².